The zero-order chi connectivity index (χ0) is 21.5. The van der Waals surface area contributed by atoms with Crippen molar-refractivity contribution in [2.75, 3.05) is 31.1 Å². The molecule has 0 radical (unpaired) electrons. The van der Waals surface area contributed by atoms with Crippen LogP contribution in [0.4, 0.5) is 23.7 Å². The number of amides is 2. The number of imide groups is 1. The van der Waals surface area contributed by atoms with Crippen molar-refractivity contribution in [2.24, 2.45) is 0 Å². The van der Waals surface area contributed by atoms with E-state index in [1.807, 2.05) is 4.90 Å². The summed E-state index contributed by atoms with van der Waals surface area (Å²) in [5.41, 5.74) is -0.212. The third-order valence-corrected chi connectivity index (χ3v) is 6.89. The van der Waals surface area contributed by atoms with Crippen LogP contribution in [0.3, 0.4) is 0 Å². The Kier molecular flexibility index (Phi) is 6.05. The van der Waals surface area contributed by atoms with E-state index < -0.39 is 22.9 Å². The van der Waals surface area contributed by atoms with E-state index in [1.54, 1.807) is 0 Å². The molecule has 0 aliphatic carbocycles. The zero-order valence-corrected chi connectivity index (χ0v) is 17.7. The molecule has 2 amide bonds. The maximum absolute atomic E-state index is 13.4. The van der Waals surface area contributed by atoms with Gasteiger partial charge in [0.05, 0.1) is 21.2 Å². The van der Waals surface area contributed by atoms with Gasteiger partial charge in [-0.3, -0.25) is 14.9 Å². The summed E-state index contributed by atoms with van der Waals surface area (Å²) in [6.07, 6.45) is 0.984. The van der Waals surface area contributed by atoms with Crippen molar-refractivity contribution in [3.05, 3.63) is 33.2 Å². The van der Waals surface area contributed by atoms with Gasteiger partial charge < -0.3 is 9.80 Å². The Balaban J connectivity index is 1.66. The largest absolute Gasteiger partial charge is 0.416 e. The van der Waals surface area contributed by atoms with Gasteiger partial charge in [-0.05, 0) is 68.7 Å². The molecule has 0 unspecified atom stereocenters. The number of rotatable bonds is 3. The lowest BCUT2D eigenvalue weighted by Crippen LogP contribution is -2.44. The molecule has 3 aliphatic heterocycles. The van der Waals surface area contributed by atoms with Gasteiger partial charge in [-0.15, -0.1) is 0 Å². The Morgan fingerprint density at radius 2 is 1.77 bits per heavy atom. The molecule has 1 aromatic rings. The number of nitrogens with zero attached hydrogens (tertiary/aromatic N) is 2. The topological polar surface area (TPSA) is 52.7 Å². The second kappa shape index (κ2) is 8.43. The fraction of sp³-hybridized carbons (Fsp3) is 0.500. The predicted molar refractivity (Wildman–Crippen MR) is 112 cm³/mol. The molecular weight excluding hydrogens is 439 g/mol. The van der Waals surface area contributed by atoms with Gasteiger partial charge in [0.2, 0.25) is 0 Å². The summed E-state index contributed by atoms with van der Waals surface area (Å²) in [5.74, 6) is -0.614. The highest BCUT2D eigenvalue weighted by atomic mass is 35.5. The number of likely N-dealkylation sites (tertiary alicyclic amines) is 1. The molecule has 3 fully saturated rings. The number of carbonyl (C=O) groups excluding carboxylic acids is 2. The average molecular weight is 460 g/mol. The van der Waals surface area contributed by atoms with Crippen LogP contribution in [0.5, 0.6) is 0 Å². The first-order valence-corrected chi connectivity index (χ1v) is 11.1. The summed E-state index contributed by atoms with van der Waals surface area (Å²) in [4.78, 5) is 27.9. The van der Waals surface area contributed by atoms with Crippen molar-refractivity contribution < 1.29 is 22.8 Å². The van der Waals surface area contributed by atoms with Gasteiger partial charge in [-0.2, -0.15) is 13.2 Å². The van der Waals surface area contributed by atoms with Crippen LogP contribution < -0.4 is 10.2 Å². The molecule has 162 valence electrons. The minimum Gasteiger partial charge on any atom is -0.370 e. The van der Waals surface area contributed by atoms with Gasteiger partial charge in [-0.1, -0.05) is 11.6 Å². The quantitative estimate of drug-likeness (QED) is 0.661. The Morgan fingerprint density at radius 3 is 2.33 bits per heavy atom. The third-order valence-electron chi connectivity index (χ3n) is 5.79. The van der Waals surface area contributed by atoms with Crippen LogP contribution in [0.15, 0.2) is 17.0 Å². The SMILES string of the molecule is O=C1NC(=O)/C(=C/c2cc(C(F)(F)F)cc(Cl)c2N2CCC(N3CCCC3)CC2)S1. The minimum absolute atomic E-state index is 0.00831. The highest BCUT2D eigenvalue weighted by molar-refractivity contribution is 8.18. The average Bonchev–Trinajstić information content (AvgIpc) is 3.31. The molecule has 4 rings (SSSR count). The van der Waals surface area contributed by atoms with E-state index in [9.17, 15) is 22.8 Å². The molecule has 3 saturated heterocycles. The highest BCUT2D eigenvalue weighted by Crippen LogP contribution is 2.41. The first kappa shape index (κ1) is 21.5. The maximum Gasteiger partial charge on any atom is 0.416 e. The first-order valence-electron chi connectivity index (χ1n) is 9.87. The van der Waals surface area contributed by atoms with Crippen LogP contribution in [0.25, 0.3) is 6.08 Å². The molecule has 1 aromatic carbocycles. The molecule has 30 heavy (non-hydrogen) atoms. The Morgan fingerprint density at radius 1 is 1.10 bits per heavy atom. The predicted octanol–water partition coefficient (Wildman–Crippen LogP) is 4.75. The van der Waals surface area contributed by atoms with E-state index in [1.165, 1.54) is 18.9 Å². The second-order valence-electron chi connectivity index (χ2n) is 7.71. The summed E-state index contributed by atoms with van der Waals surface area (Å²) in [7, 11) is 0. The lowest BCUT2D eigenvalue weighted by molar-refractivity contribution is -0.137. The fourth-order valence-corrected chi connectivity index (χ4v) is 5.37. The van der Waals surface area contributed by atoms with Crippen molar-refractivity contribution in [3.8, 4) is 0 Å². The molecule has 0 saturated carbocycles. The van der Waals surface area contributed by atoms with Crippen molar-refractivity contribution in [3.63, 3.8) is 0 Å². The number of carbonyl (C=O) groups is 2. The smallest absolute Gasteiger partial charge is 0.370 e. The molecular formula is C20H21ClF3N3O2S. The van der Waals surface area contributed by atoms with Crippen LogP contribution >= 0.6 is 23.4 Å². The van der Waals surface area contributed by atoms with Crippen LogP contribution in [0.2, 0.25) is 5.02 Å². The molecule has 0 bridgehead atoms. The summed E-state index contributed by atoms with van der Waals surface area (Å²) in [6.45, 7) is 3.54. The maximum atomic E-state index is 13.4. The molecule has 10 heteroatoms. The van der Waals surface area contributed by atoms with Gasteiger partial charge in [0.15, 0.2) is 0 Å². The Bertz CT molecular complexity index is 892. The summed E-state index contributed by atoms with van der Waals surface area (Å²) < 4.78 is 40.1. The van der Waals surface area contributed by atoms with Crippen molar-refractivity contribution in [1.82, 2.24) is 10.2 Å². The van der Waals surface area contributed by atoms with Crippen molar-refractivity contribution >= 4 is 46.3 Å². The monoisotopic (exact) mass is 459 g/mol. The van der Waals surface area contributed by atoms with Gasteiger partial charge >= 0.3 is 6.18 Å². The Hall–Kier alpha value is -1.71. The van der Waals surface area contributed by atoms with Gasteiger partial charge in [-0.25, -0.2) is 0 Å². The molecule has 0 atom stereocenters. The summed E-state index contributed by atoms with van der Waals surface area (Å²) in [6, 6.07) is 2.41. The number of alkyl halides is 3. The van der Waals surface area contributed by atoms with Gasteiger partial charge in [0, 0.05) is 24.7 Å². The second-order valence-corrected chi connectivity index (χ2v) is 9.13. The molecule has 1 N–H and O–H groups in total. The van der Waals surface area contributed by atoms with Crippen molar-refractivity contribution in [2.45, 2.75) is 37.9 Å². The van der Waals surface area contributed by atoms with E-state index in [4.69, 9.17) is 11.6 Å². The van der Waals surface area contributed by atoms with E-state index in [0.29, 0.717) is 36.6 Å². The lowest BCUT2D eigenvalue weighted by Gasteiger charge is -2.38. The van der Waals surface area contributed by atoms with Gasteiger partial charge in [0.25, 0.3) is 11.1 Å². The van der Waals surface area contributed by atoms with E-state index in [0.717, 1.165) is 38.1 Å². The Labute approximate surface area is 181 Å². The van der Waals surface area contributed by atoms with Gasteiger partial charge in [0.1, 0.15) is 0 Å². The number of piperidine rings is 1. The lowest BCUT2D eigenvalue weighted by atomic mass is 10.00. The number of thioether (sulfide) groups is 1. The molecule has 3 heterocycles. The zero-order valence-electron chi connectivity index (χ0n) is 16.1. The number of halogens is 4. The fourth-order valence-electron chi connectivity index (χ4n) is 4.35. The number of hydrogen-bond donors (Lipinski definition) is 1. The molecule has 5 nitrogen and oxygen atoms in total. The van der Waals surface area contributed by atoms with Crippen LogP contribution in [0, 0.1) is 0 Å². The summed E-state index contributed by atoms with van der Waals surface area (Å²) in [5, 5.41) is 1.57. The van der Waals surface area contributed by atoms with Crippen LogP contribution in [0.1, 0.15) is 36.8 Å². The van der Waals surface area contributed by atoms with Crippen molar-refractivity contribution in [1.29, 1.82) is 0 Å². The normalized spacial score (nSPS) is 22.9. The third kappa shape index (κ3) is 4.48. The van der Waals surface area contributed by atoms with E-state index >= 15 is 0 Å². The number of benzene rings is 1. The highest BCUT2D eigenvalue weighted by Gasteiger charge is 2.34. The number of hydrogen-bond acceptors (Lipinski definition) is 5. The molecule has 3 aliphatic rings. The minimum atomic E-state index is -4.57. The number of nitrogens with one attached hydrogen (secondary N) is 1. The first-order chi connectivity index (χ1) is 14.2. The van der Waals surface area contributed by atoms with E-state index in [-0.39, 0.29) is 15.5 Å². The van der Waals surface area contributed by atoms with E-state index in [2.05, 4.69) is 10.2 Å². The number of anilines is 1. The molecule has 0 aromatic heterocycles. The van der Waals surface area contributed by atoms with Crippen LogP contribution in [-0.4, -0.2) is 48.3 Å². The molecule has 0 spiro atoms. The summed E-state index contributed by atoms with van der Waals surface area (Å²) >= 11 is 7.00. The van der Waals surface area contributed by atoms with Crippen LogP contribution in [-0.2, 0) is 11.0 Å². The standard InChI is InChI=1S/C20H21ClF3N3O2S/c21-15-11-13(20(22,23)24)9-12(10-16-18(28)25-19(29)30-16)17(15)27-7-3-14(4-8-27)26-5-1-2-6-26/h9-11,14H,1-8H2,(H,25,28,29)/b16-10-.